The van der Waals surface area contributed by atoms with Gasteiger partial charge in [-0.1, -0.05) is 36.4 Å². The molecule has 0 spiro atoms. The third-order valence-corrected chi connectivity index (χ3v) is 3.85. The molecule has 2 unspecified atom stereocenters. The third-order valence-electron chi connectivity index (χ3n) is 3.85. The van der Waals surface area contributed by atoms with Gasteiger partial charge in [-0.2, -0.15) is 0 Å². The van der Waals surface area contributed by atoms with Gasteiger partial charge in [0.25, 0.3) is 0 Å². The van der Waals surface area contributed by atoms with Gasteiger partial charge in [-0.05, 0) is 35.2 Å². The summed E-state index contributed by atoms with van der Waals surface area (Å²) in [7, 11) is 0. The number of hydrogen-bond donors (Lipinski definition) is 0. The first-order valence-corrected chi connectivity index (χ1v) is 7.40. The van der Waals surface area contributed by atoms with Gasteiger partial charge in [0.15, 0.2) is 0 Å². The molecule has 3 heteroatoms. The Bertz CT molecular complexity index is 595. The first-order chi connectivity index (χ1) is 10.4. The highest BCUT2D eigenvalue weighted by Crippen LogP contribution is 2.29. The molecule has 0 amide bonds. The van der Waals surface area contributed by atoms with Crippen molar-refractivity contribution >= 4 is 0 Å². The maximum Gasteiger partial charge on any atom is 0.119 e. The molecule has 3 nitrogen and oxygen atoms in total. The first kappa shape index (κ1) is 12.9. The molecule has 2 aliphatic rings. The fourth-order valence-electron chi connectivity index (χ4n) is 2.38. The van der Waals surface area contributed by atoms with E-state index in [0.717, 1.165) is 25.4 Å². The Morgan fingerprint density at radius 2 is 1.48 bits per heavy atom. The molecule has 2 aromatic carbocycles. The lowest BCUT2D eigenvalue weighted by molar-refractivity contribution is 0.263. The zero-order valence-electron chi connectivity index (χ0n) is 11.8. The van der Waals surface area contributed by atoms with E-state index >= 15 is 0 Å². The average molecular weight is 282 g/mol. The minimum atomic E-state index is 0.304. The summed E-state index contributed by atoms with van der Waals surface area (Å²) in [6.07, 6.45) is 1.59. The standard InChI is InChI=1S/C18H18O3/c1-5-15(18-12-21-18)6-2-13(1)9-14-3-7-16(8-4-14)19-10-17-11-20-17/h1-8,17-18H,9-12H2. The number of benzene rings is 2. The van der Waals surface area contributed by atoms with E-state index in [0.29, 0.717) is 18.8 Å². The maximum absolute atomic E-state index is 5.65. The Hall–Kier alpha value is -1.84. The van der Waals surface area contributed by atoms with Crippen LogP contribution in [0.3, 0.4) is 0 Å². The minimum Gasteiger partial charge on any atom is -0.491 e. The molecular weight excluding hydrogens is 264 g/mol. The molecule has 0 aliphatic carbocycles. The summed E-state index contributed by atoms with van der Waals surface area (Å²) in [5.41, 5.74) is 3.89. The summed E-state index contributed by atoms with van der Waals surface area (Å²) in [5, 5.41) is 0. The highest BCUT2D eigenvalue weighted by Gasteiger charge is 2.24. The average Bonchev–Trinajstić information content (AvgIpc) is 3.40. The van der Waals surface area contributed by atoms with Crippen LogP contribution < -0.4 is 4.74 Å². The lowest BCUT2D eigenvalue weighted by atomic mass is 10.0. The molecule has 0 aromatic heterocycles. The van der Waals surface area contributed by atoms with Crippen molar-refractivity contribution in [3.05, 3.63) is 65.2 Å². The van der Waals surface area contributed by atoms with E-state index in [1.54, 1.807) is 0 Å². The van der Waals surface area contributed by atoms with E-state index in [4.69, 9.17) is 14.2 Å². The highest BCUT2D eigenvalue weighted by atomic mass is 16.6. The van der Waals surface area contributed by atoms with Gasteiger partial charge in [-0.15, -0.1) is 0 Å². The molecule has 0 radical (unpaired) electrons. The van der Waals surface area contributed by atoms with Crippen molar-refractivity contribution < 1.29 is 14.2 Å². The van der Waals surface area contributed by atoms with Gasteiger partial charge in [0.05, 0.1) is 13.2 Å². The minimum absolute atomic E-state index is 0.304. The summed E-state index contributed by atoms with van der Waals surface area (Å²) in [6.45, 7) is 2.36. The molecule has 0 N–H and O–H groups in total. The largest absolute Gasteiger partial charge is 0.491 e. The summed E-state index contributed by atoms with van der Waals surface area (Å²) < 4.78 is 16.1. The van der Waals surface area contributed by atoms with E-state index in [2.05, 4.69) is 36.4 Å². The normalized spacial score (nSPS) is 22.9. The smallest absolute Gasteiger partial charge is 0.119 e. The molecule has 2 aromatic rings. The lowest BCUT2D eigenvalue weighted by Gasteiger charge is -2.06. The van der Waals surface area contributed by atoms with Crippen molar-refractivity contribution in [2.24, 2.45) is 0 Å². The third kappa shape index (κ3) is 3.43. The van der Waals surface area contributed by atoms with Gasteiger partial charge in [0.1, 0.15) is 24.6 Å². The van der Waals surface area contributed by atoms with Crippen LogP contribution in [0.1, 0.15) is 22.8 Å². The first-order valence-electron chi connectivity index (χ1n) is 7.40. The zero-order valence-corrected chi connectivity index (χ0v) is 11.8. The summed E-state index contributed by atoms with van der Waals surface area (Å²) in [6, 6.07) is 17.0. The van der Waals surface area contributed by atoms with Crippen molar-refractivity contribution in [2.75, 3.05) is 19.8 Å². The van der Waals surface area contributed by atoms with Gasteiger partial charge in [0.2, 0.25) is 0 Å². The predicted octanol–water partition coefficient (Wildman–Crippen LogP) is 3.13. The molecule has 0 bridgehead atoms. The SMILES string of the molecule is c1cc(OCC2CO2)ccc1Cc1ccc(C2CO2)cc1. The highest BCUT2D eigenvalue weighted by molar-refractivity contribution is 5.33. The molecular formula is C18H18O3. The van der Waals surface area contributed by atoms with Gasteiger partial charge >= 0.3 is 0 Å². The van der Waals surface area contributed by atoms with Crippen molar-refractivity contribution in [1.29, 1.82) is 0 Å². The van der Waals surface area contributed by atoms with Crippen molar-refractivity contribution in [3.8, 4) is 5.75 Å². The fraction of sp³-hybridized carbons (Fsp3) is 0.333. The van der Waals surface area contributed by atoms with Crippen molar-refractivity contribution in [1.82, 2.24) is 0 Å². The molecule has 2 atom stereocenters. The number of ether oxygens (including phenoxy) is 3. The molecule has 2 saturated heterocycles. The van der Waals surface area contributed by atoms with Crippen LogP contribution in [0.2, 0.25) is 0 Å². The second-order valence-electron chi connectivity index (χ2n) is 5.65. The van der Waals surface area contributed by atoms with E-state index in [-0.39, 0.29) is 0 Å². The second-order valence-corrected chi connectivity index (χ2v) is 5.65. The topological polar surface area (TPSA) is 34.3 Å². The lowest BCUT2D eigenvalue weighted by Crippen LogP contribution is -2.03. The second kappa shape index (κ2) is 5.51. The van der Waals surface area contributed by atoms with E-state index in [1.165, 1.54) is 16.7 Å². The monoisotopic (exact) mass is 282 g/mol. The molecule has 0 saturated carbocycles. The molecule has 2 heterocycles. The van der Waals surface area contributed by atoms with Crippen LogP contribution in [-0.2, 0) is 15.9 Å². The number of hydrogen-bond acceptors (Lipinski definition) is 3. The van der Waals surface area contributed by atoms with Crippen LogP contribution in [0, 0.1) is 0 Å². The Morgan fingerprint density at radius 1 is 0.857 bits per heavy atom. The zero-order chi connectivity index (χ0) is 14.1. The van der Waals surface area contributed by atoms with Gasteiger partial charge in [-0.3, -0.25) is 0 Å². The van der Waals surface area contributed by atoms with Crippen LogP contribution in [0.15, 0.2) is 48.5 Å². The van der Waals surface area contributed by atoms with E-state index in [9.17, 15) is 0 Å². The summed E-state index contributed by atoms with van der Waals surface area (Å²) in [4.78, 5) is 0. The molecule has 2 aliphatic heterocycles. The quantitative estimate of drug-likeness (QED) is 0.763. The van der Waals surface area contributed by atoms with Crippen LogP contribution >= 0.6 is 0 Å². The van der Waals surface area contributed by atoms with Crippen molar-refractivity contribution in [3.63, 3.8) is 0 Å². The Labute approximate surface area is 124 Å². The summed E-state index contributed by atoms with van der Waals surface area (Å²) >= 11 is 0. The van der Waals surface area contributed by atoms with Gasteiger partial charge in [0, 0.05) is 0 Å². The van der Waals surface area contributed by atoms with Gasteiger partial charge < -0.3 is 14.2 Å². The van der Waals surface area contributed by atoms with Crippen LogP contribution in [0.4, 0.5) is 0 Å². The Kier molecular flexibility index (Phi) is 3.37. The van der Waals surface area contributed by atoms with E-state index < -0.39 is 0 Å². The molecule has 108 valence electrons. The van der Waals surface area contributed by atoms with Gasteiger partial charge in [-0.25, -0.2) is 0 Å². The predicted molar refractivity (Wildman–Crippen MR) is 79.6 cm³/mol. The number of epoxide rings is 2. The Morgan fingerprint density at radius 3 is 2.05 bits per heavy atom. The maximum atomic E-state index is 5.65. The van der Waals surface area contributed by atoms with E-state index in [1.807, 2.05) is 12.1 Å². The van der Waals surface area contributed by atoms with Crippen LogP contribution in [0.25, 0.3) is 0 Å². The fourth-order valence-corrected chi connectivity index (χ4v) is 2.38. The number of rotatable bonds is 6. The molecule has 21 heavy (non-hydrogen) atoms. The Balaban J connectivity index is 1.36. The van der Waals surface area contributed by atoms with Crippen molar-refractivity contribution in [2.45, 2.75) is 18.6 Å². The molecule has 2 fully saturated rings. The van der Waals surface area contributed by atoms with Crippen LogP contribution in [-0.4, -0.2) is 25.9 Å². The molecule has 4 rings (SSSR count). The summed E-state index contributed by atoms with van der Waals surface area (Å²) in [5.74, 6) is 0.912. The van der Waals surface area contributed by atoms with Crippen LogP contribution in [0.5, 0.6) is 5.75 Å².